The van der Waals surface area contributed by atoms with Gasteiger partial charge >= 0.3 is 0 Å². The number of H-pyrrole nitrogens is 2. The maximum Gasteiger partial charge on any atom is 0.227 e. The van der Waals surface area contributed by atoms with Gasteiger partial charge in [0.25, 0.3) is 0 Å². The SMILES string of the molecule is CS(=O)(=O)CCc1cc(F)cc(-c2nccc3[nH]c(-c4[nH]nc5ncc(-c6cncc(NC(=O)C7CC7)c6)cc45)nc23)c1. The molecular weight excluding hydrogens is 571 g/mol. The number of aromatic amines is 2. The fourth-order valence-corrected chi connectivity index (χ4v) is 5.60. The van der Waals surface area contributed by atoms with Gasteiger partial charge in [-0.1, -0.05) is 0 Å². The minimum atomic E-state index is -3.21. The van der Waals surface area contributed by atoms with Crippen LogP contribution in [0, 0.1) is 11.7 Å². The van der Waals surface area contributed by atoms with Gasteiger partial charge in [0.1, 0.15) is 26.9 Å². The topological polar surface area (TPSA) is 159 Å². The normalized spacial score (nSPS) is 13.5. The monoisotopic (exact) mass is 596 g/mol. The zero-order valence-corrected chi connectivity index (χ0v) is 23.7. The summed E-state index contributed by atoms with van der Waals surface area (Å²) in [4.78, 5) is 33.6. The average molecular weight is 597 g/mol. The molecule has 0 spiro atoms. The Balaban J connectivity index is 1.25. The number of imidazole rings is 1. The molecule has 0 saturated heterocycles. The molecule has 1 aliphatic rings. The largest absolute Gasteiger partial charge is 0.337 e. The Morgan fingerprint density at radius 3 is 2.70 bits per heavy atom. The molecule has 43 heavy (non-hydrogen) atoms. The van der Waals surface area contributed by atoms with Crippen molar-refractivity contribution in [3.63, 3.8) is 0 Å². The fraction of sp³-hybridized carbons (Fsp3) is 0.200. The van der Waals surface area contributed by atoms with E-state index in [-0.39, 0.29) is 24.0 Å². The standard InChI is InChI=1S/C30H25FN8O3S/c1-43(41,42)7-5-16-8-18(10-21(31)9-16)25-27-24(4-6-33-25)36-29(37-27)26-23-12-20(14-34-28(23)39-38-26)19-11-22(15-32-13-19)35-30(40)17-2-3-17/h4,6,8-15,17H,2-3,5,7H2,1H3,(H,35,40)(H,36,37)(H,34,38,39). The van der Waals surface area contributed by atoms with E-state index in [1.165, 1.54) is 12.1 Å². The van der Waals surface area contributed by atoms with E-state index < -0.39 is 15.7 Å². The molecule has 0 bridgehead atoms. The van der Waals surface area contributed by atoms with Crippen molar-refractivity contribution in [1.29, 1.82) is 0 Å². The Labute approximate surface area is 245 Å². The first-order chi connectivity index (χ1) is 20.7. The lowest BCUT2D eigenvalue weighted by atomic mass is 10.0. The van der Waals surface area contributed by atoms with Gasteiger partial charge in [-0.2, -0.15) is 5.10 Å². The van der Waals surface area contributed by atoms with Crippen molar-refractivity contribution in [2.24, 2.45) is 5.92 Å². The van der Waals surface area contributed by atoms with Crippen LogP contribution in [0.25, 0.3) is 56.0 Å². The third kappa shape index (κ3) is 5.58. The summed E-state index contributed by atoms with van der Waals surface area (Å²) in [7, 11) is -3.21. The predicted molar refractivity (Wildman–Crippen MR) is 160 cm³/mol. The summed E-state index contributed by atoms with van der Waals surface area (Å²) in [6, 6.07) is 9.99. The maximum absolute atomic E-state index is 14.6. The van der Waals surface area contributed by atoms with Gasteiger partial charge in [0.2, 0.25) is 5.91 Å². The van der Waals surface area contributed by atoms with Gasteiger partial charge in [0.15, 0.2) is 11.5 Å². The van der Waals surface area contributed by atoms with Crippen molar-refractivity contribution in [3.8, 4) is 33.9 Å². The fourth-order valence-electron chi connectivity index (χ4n) is 4.99. The van der Waals surface area contributed by atoms with Crippen molar-refractivity contribution in [1.82, 2.24) is 35.1 Å². The van der Waals surface area contributed by atoms with Crippen LogP contribution < -0.4 is 5.32 Å². The van der Waals surface area contributed by atoms with Crippen molar-refractivity contribution in [2.45, 2.75) is 19.3 Å². The number of pyridine rings is 3. The molecule has 0 atom stereocenters. The number of halogens is 1. The summed E-state index contributed by atoms with van der Waals surface area (Å²) < 4.78 is 37.9. The number of anilines is 1. The molecule has 216 valence electrons. The first-order valence-corrected chi connectivity index (χ1v) is 15.7. The number of carbonyl (C=O) groups excluding carboxylic acids is 1. The average Bonchev–Trinajstić information content (AvgIpc) is 3.61. The third-order valence-corrected chi connectivity index (χ3v) is 8.27. The van der Waals surface area contributed by atoms with Crippen LogP contribution in [-0.4, -0.2) is 61.5 Å². The van der Waals surface area contributed by atoms with E-state index in [1.807, 2.05) is 12.1 Å². The molecule has 1 aliphatic carbocycles. The number of nitrogens with one attached hydrogen (secondary N) is 3. The molecule has 3 N–H and O–H groups in total. The second kappa shape index (κ2) is 10.3. The van der Waals surface area contributed by atoms with Gasteiger partial charge in [-0.3, -0.25) is 19.9 Å². The minimum absolute atomic E-state index is 0.00626. The van der Waals surface area contributed by atoms with E-state index in [2.05, 4.69) is 35.5 Å². The molecule has 6 aromatic rings. The quantitative estimate of drug-likeness (QED) is 0.228. The number of hydrogen-bond acceptors (Lipinski definition) is 8. The van der Waals surface area contributed by atoms with Gasteiger partial charge < -0.3 is 10.3 Å². The van der Waals surface area contributed by atoms with Gasteiger partial charge in [-0.15, -0.1) is 0 Å². The molecule has 11 nitrogen and oxygen atoms in total. The predicted octanol–water partition coefficient (Wildman–Crippen LogP) is 4.70. The van der Waals surface area contributed by atoms with Gasteiger partial charge in [-0.25, -0.2) is 22.8 Å². The Kier molecular flexibility index (Phi) is 6.46. The maximum atomic E-state index is 14.6. The Bertz CT molecular complexity index is 2150. The second-order valence-electron chi connectivity index (χ2n) is 10.8. The molecule has 0 radical (unpaired) electrons. The van der Waals surface area contributed by atoms with E-state index in [4.69, 9.17) is 4.98 Å². The zero-order chi connectivity index (χ0) is 29.7. The molecule has 5 heterocycles. The molecule has 1 fully saturated rings. The summed E-state index contributed by atoms with van der Waals surface area (Å²) >= 11 is 0. The summed E-state index contributed by atoms with van der Waals surface area (Å²) in [5.41, 5.74) is 5.98. The highest BCUT2D eigenvalue weighted by Gasteiger charge is 2.29. The van der Waals surface area contributed by atoms with Gasteiger partial charge in [-0.05, 0) is 61.2 Å². The zero-order valence-electron chi connectivity index (χ0n) is 22.9. The Morgan fingerprint density at radius 1 is 1.05 bits per heavy atom. The highest BCUT2D eigenvalue weighted by atomic mass is 32.2. The number of aryl methyl sites for hydroxylation is 1. The number of rotatable bonds is 8. The van der Waals surface area contributed by atoms with Crippen LogP contribution >= 0.6 is 0 Å². The molecule has 5 aromatic heterocycles. The summed E-state index contributed by atoms with van der Waals surface area (Å²) in [5, 5.41) is 11.0. The van der Waals surface area contributed by atoms with Crippen LogP contribution in [0.4, 0.5) is 10.1 Å². The number of fused-ring (bicyclic) bond motifs is 2. The number of amides is 1. The number of benzene rings is 1. The molecule has 7 rings (SSSR count). The lowest BCUT2D eigenvalue weighted by Crippen LogP contribution is -2.13. The van der Waals surface area contributed by atoms with Crippen LogP contribution in [0.5, 0.6) is 0 Å². The second-order valence-corrected chi connectivity index (χ2v) is 13.0. The highest BCUT2D eigenvalue weighted by Crippen LogP contribution is 2.33. The molecule has 1 saturated carbocycles. The number of nitrogens with zero attached hydrogens (tertiary/aromatic N) is 5. The van der Waals surface area contributed by atoms with Crippen LogP contribution in [0.15, 0.2) is 61.2 Å². The van der Waals surface area contributed by atoms with E-state index in [9.17, 15) is 17.6 Å². The minimum Gasteiger partial charge on any atom is -0.337 e. The van der Waals surface area contributed by atoms with Crippen LogP contribution in [0.1, 0.15) is 18.4 Å². The van der Waals surface area contributed by atoms with E-state index in [0.29, 0.717) is 56.1 Å². The number of aromatic nitrogens is 7. The molecule has 0 aliphatic heterocycles. The molecule has 0 unspecified atom stereocenters. The smallest absolute Gasteiger partial charge is 0.227 e. The van der Waals surface area contributed by atoms with E-state index >= 15 is 0 Å². The number of hydrogen-bond donors (Lipinski definition) is 3. The highest BCUT2D eigenvalue weighted by molar-refractivity contribution is 7.90. The third-order valence-electron chi connectivity index (χ3n) is 7.33. The van der Waals surface area contributed by atoms with Crippen LogP contribution in [0.3, 0.4) is 0 Å². The molecular formula is C30H25FN8O3S. The molecule has 1 aromatic carbocycles. The number of carbonyl (C=O) groups is 1. The molecule has 1 amide bonds. The summed E-state index contributed by atoms with van der Waals surface area (Å²) in [6.45, 7) is 0. The van der Waals surface area contributed by atoms with Crippen molar-refractivity contribution in [2.75, 3.05) is 17.3 Å². The lowest BCUT2D eigenvalue weighted by molar-refractivity contribution is -0.117. The molecule has 13 heteroatoms. The van der Waals surface area contributed by atoms with Crippen molar-refractivity contribution < 1.29 is 17.6 Å². The summed E-state index contributed by atoms with van der Waals surface area (Å²) in [6.07, 6.45) is 9.79. The summed E-state index contributed by atoms with van der Waals surface area (Å²) in [5.74, 6) is 0.00463. The van der Waals surface area contributed by atoms with Gasteiger partial charge in [0.05, 0.1) is 34.2 Å². The van der Waals surface area contributed by atoms with Crippen molar-refractivity contribution in [3.05, 3.63) is 72.6 Å². The number of sulfone groups is 1. The Morgan fingerprint density at radius 2 is 1.88 bits per heavy atom. The lowest BCUT2D eigenvalue weighted by Gasteiger charge is -2.07. The first-order valence-electron chi connectivity index (χ1n) is 13.6. The van der Waals surface area contributed by atoms with E-state index in [0.717, 1.165) is 30.2 Å². The first kappa shape index (κ1) is 26.8. The Hall–Kier alpha value is -5.04. The van der Waals surface area contributed by atoms with Crippen LogP contribution in [0.2, 0.25) is 0 Å². The van der Waals surface area contributed by atoms with Gasteiger partial charge in [0, 0.05) is 47.5 Å². The van der Waals surface area contributed by atoms with Crippen molar-refractivity contribution >= 4 is 43.5 Å². The van der Waals surface area contributed by atoms with E-state index in [1.54, 1.807) is 36.9 Å². The van der Waals surface area contributed by atoms with Crippen LogP contribution in [-0.2, 0) is 21.1 Å².